The van der Waals surface area contributed by atoms with Gasteiger partial charge in [-0.05, 0) is 25.2 Å². The van der Waals surface area contributed by atoms with Crippen LogP contribution in [0.1, 0.15) is 46.5 Å². The third-order valence-electron chi connectivity index (χ3n) is 2.33. The van der Waals surface area contributed by atoms with Gasteiger partial charge in [0, 0.05) is 5.70 Å². The maximum Gasteiger partial charge on any atom is 0.0543 e. The molecule has 2 nitrogen and oxygen atoms in total. The number of hydrogen-bond acceptors (Lipinski definition) is 2. The SMILES string of the molecule is CCC/C=C(/N)C(C)C[C@@H](O)CC. The zero-order valence-corrected chi connectivity index (χ0v) is 9.09. The van der Waals surface area contributed by atoms with Crippen LogP contribution in [0.25, 0.3) is 0 Å². The molecule has 13 heavy (non-hydrogen) atoms. The van der Waals surface area contributed by atoms with Crippen LogP contribution in [0.3, 0.4) is 0 Å². The van der Waals surface area contributed by atoms with Crippen LogP contribution in [0.4, 0.5) is 0 Å². The summed E-state index contributed by atoms with van der Waals surface area (Å²) in [6.07, 6.45) is 5.63. The Morgan fingerprint density at radius 2 is 2.08 bits per heavy atom. The minimum absolute atomic E-state index is 0.205. The largest absolute Gasteiger partial charge is 0.402 e. The molecule has 2 heteroatoms. The number of unbranched alkanes of at least 4 members (excludes halogenated alkanes) is 1. The van der Waals surface area contributed by atoms with E-state index in [0.717, 1.165) is 31.4 Å². The van der Waals surface area contributed by atoms with E-state index in [2.05, 4.69) is 19.9 Å². The molecule has 0 aliphatic heterocycles. The lowest BCUT2D eigenvalue weighted by Crippen LogP contribution is -2.16. The number of aliphatic hydroxyl groups excluding tert-OH is 1. The smallest absolute Gasteiger partial charge is 0.0543 e. The second-order valence-corrected chi connectivity index (χ2v) is 3.69. The lowest BCUT2D eigenvalue weighted by molar-refractivity contribution is 0.147. The average molecular weight is 185 g/mol. The van der Waals surface area contributed by atoms with Crippen molar-refractivity contribution in [2.75, 3.05) is 0 Å². The highest BCUT2D eigenvalue weighted by atomic mass is 16.3. The van der Waals surface area contributed by atoms with Crippen molar-refractivity contribution in [3.8, 4) is 0 Å². The lowest BCUT2D eigenvalue weighted by atomic mass is 9.98. The topological polar surface area (TPSA) is 46.2 Å². The van der Waals surface area contributed by atoms with E-state index >= 15 is 0 Å². The Bertz CT molecular complexity index is 154. The number of aliphatic hydroxyl groups is 1. The molecule has 0 aromatic carbocycles. The molecular weight excluding hydrogens is 162 g/mol. The fraction of sp³-hybridized carbons (Fsp3) is 0.818. The minimum atomic E-state index is -0.205. The van der Waals surface area contributed by atoms with E-state index in [4.69, 9.17) is 5.73 Å². The molecule has 0 saturated carbocycles. The van der Waals surface area contributed by atoms with Gasteiger partial charge < -0.3 is 10.8 Å². The highest BCUT2D eigenvalue weighted by molar-refractivity contribution is 5.00. The van der Waals surface area contributed by atoms with Gasteiger partial charge in [0.15, 0.2) is 0 Å². The van der Waals surface area contributed by atoms with Crippen molar-refractivity contribution >= 4 is 0 Å². The van der Waals surface area contributed by atoms with Crippen LogP contribution in [-0.4, -0.2) is 11.2 Å². The van der Waals surface area contributed by atoms with E-state index in [-0.39, 0.29) is 6.10 Å². The van der Waals surface area contributed by atoms with Crippen molar-refractivity contribution in [2.24, 2.45) is 11.7 Å². The molecule has 0 radical (unpaired) electrons. The number of hydrogen-bond donors (Lipinski definition) is 2. The highest BCUT2D eigenvalue weighted by Crippen LogP contribution is 2.14. The fourth-order valence-electron chi connectivity index (χ4n) is 1.22. The van der Waals surface area contributed by atoms with Crippen LogP contribution >= 0.6 is 0 Å². The van der Waals surface area contributed by atoms with Gasteiger partial charge in [0.1, 0.15) is 0 Å². The maximum absolute atomic E-state index is 9.42. The van der Waals surface area contributed by atoms with Crippen LogP contribution in [0.5, 0.6) is 0 Å². The molecule has 0 aromatic heterocycles. The first kappa shape index (κ1) is 12.5. The van der Waals surface area contributed by atoms with Gasteiger partial charge >= 0.3 is 0 Å². The van der Waals surface area contributed by atoms with E-state index in [0.29, 0.717) is 5.92 Å². The summed E-state index contributed by atoms with van der Waals surface area (Å²) in [6.45, 7) is 6.19. The molecule has 0 fully saturated rings. The number of allylic oxidation sites excluding steroid dienone is 2. The molecule has 3 N–H and O–H groups in total. The van der Waals surface area contributed by atoms with Crippen LogP contribution in [-0.2, 0) is 0 Å². The van der Waals surface area contributed by atoms with Crippen molar-refractivity contribution in [3.05, 3.63) is 11.8 Å². The van der Waals surface area contributed by atoms with Gasteiger partial charge in [0.2, 0.25) is 0 Å². The summed E-state index contributed by atoms with van der Waals surface area (Å²) < 4.78 is 0. The van der Waals surface area contributed by atoms with Gasteiger partial charge in [-0.25, -0.2) is 0 Å². The van der Waals surface area contributed by atoms with Crippen molar-refractivity contribution in [3.63, 3.8) is 0 Å². The molecule has 0 aliphatic carbocycles. The Kier molecular flexibility index (Phi) is 6.69. The third kappa shape index (κ3) is 5.69. The zero-order chi connectivity index (χ0) is 10.3. The van der Waals surface area contributed by atoms with Gasteiger partial charge in [0.05, 0.1) is 6.10 Å². The van der Waals surface area contributed by atoms with E-state index in [1.807, 2.05) is 6.92 Å². The molecule has 0 heterocycles. The lowest BCUT2D eigenvalue weighted by Gasteiger charge is -2.15. The molecule has 0 bridgehead atoms. The molecule has 0 spiro atoms. The summed E-state index contributed by atoms with van der Waals surface area (Å²) in [4.78, 5) is 0. The molecule has 0 aromatic rings. The standard InChI is InChI=1S/C11H23NO/c1-4-6-7-11(12)9(3)8-10(13)5-2/h7,9-10,13H,4-6,8,12H2,1-3H3/b11-7+/t9?,10-/m0/s1. The molecule has 1 unspecified atom stereocenters. The van der Waals surface area contributed by atoms with Gasteiger partial charge in [-0.1, -0.05) is 33.3 Å². The first-order valence-electron chi connectivity index (χ1n) is 5.25. The number of nitrogens with two attached hydrogens (primary N) is 1. The molecule has 2 atom stereocenters. The van der Waals surface area contributed by atoms with E-state index in [1.54, 1.807) is 0 Å². The Labute approximate surface area is 81.8 Å². The Hall–Kier alpha value is -0.500. The molecule has 0 amide bonds. The summed E-state index contributed by atoms with van der Waals surface area (Å²) in [5.74, 6) is 0.307. The monoisotopic (exact) mass is 185 g/mol. The fourth-order valence-corrected chi connectivity index (χ4v) is 1.22. The average Bonchev–Trinajstić information content (AvgIpc) is 2.13. The Balaban J connectivity index is 3.87. The van der Waals surface area contributed by atoms with Crippen LogP contribution in [0.2, 0.25) is 0 Å². The van der Waals surface area contributed by atoms with Gasteiger partial charge in [-0.3, -0.25) is 0 Å². The summed E-state index contributed by atoms with van der Waals surface area (Å²) in [5.41, 5.74) is 6.78. The van der Waals surface area contributed by atoms with Gasteiger partial charge in [-0.15, -0.1) is 0 Å². The predicted octanol–water partition coefficient (Wildman–Crippen LogP) is 2.43. The summed E-state index contributed by atoms with van der Waals surface area (Å²) in [5, 5.41) is 9.42. The highest BCUT2D eigenvalue weighted by Gasteiger charge is 2.09. The minimum Gasteiger partial charge on any atom is -0.402 e. The van der Waals surface area contributed by atoms with E-state index in [9.17, 15) is 5.11 Å². The van der Waals surface area contributed by atoms with Gasteiger partial charge in [0.25, 0.3) is 0 Å². The van der Waals surface area contributed by atoms with E-state index < -0.39 is 0 Å². The van der Waals surface area contributed by atoms with Crippen molar-refractivity contribution in [1.82, 2.24) is 0 Å². The first-order chi connectivity index (χ1) is 6.11. The molecule has 78 valence electrons. The summed E-state index contributed by atoms with van der Waals surface area (Å²) in [6, 6.07) is 0. The molecule has 0 saturated heterocycles. The molecule has 0 rings (SSSR count). The molecule has 0 aliphatic rings. The second kappa shape index (κ2) is 6.96. The second-order valence-electron chi connectivity index (χ2n) is 3.69. The van der Waals surface area contributed by atoms with Gasteiger partial charge in [-0.2, -0.15) is 0 Å². The third-order valence-corrected chi connectivity index (χ3v) is 2.33. The van der Waals surface area contributed by atoms with E-state index in [1.165, 1.54) is 0 Å². The summed E-state index contributed by atoms with van der Waals surface area (Å²) in [7, 11) is 0. The summed E-state index contributed by atoms with van der Waals surface area (Å²) >= 11 is 0. The van der Waals surface area contributed by atoms with Crippen LogP contribution < -0.4 is 5.73 Å². The zero-order valence-electron chi connectivity index (χ0n) is 9.09. The van der Waals surface area contributed by atoms with Crippen molar-refractivity contribution in [1.29, 1.82) is 0 Å². The Morgan fingerprint density at radius 1 is 1.46 bits per heavy atom. The number of rotatable bonds is 6. The maximum atomic E-state index is 9.42. The van der Waals surface area contributed by atoms with Crippen molar-refractivity contribution < 1.29 is 5.11 Å². The quantitative estimate of drug-likeness (QED) is 0.667. The molecular formula is C11H23NO. The predicted molar refractivity (Wildman–Crippen MR) is 57.3 cm³/mol. The van der Waals surface area contributed by atoms with Crippen LogP contribution in [0.15, 0.2) is 11.8 Å². The normalized spacial score (nSPS) is 17.1. The van der Waals surface area contributed by atoms with Crippen LogP contribution in [0, 0.1) is 5.92 Å². The Morgan fingerprint density at radius 3 is 2.54 bits per heavy atom. The first-order valence-corrected chi connectivity index (χ1v) is 5.25. The van der Waals surface area contributed by atoms with Crippen molar-refractivity contribution in [2.45, 2.75) is 52.6 Å².